The van der Waals surface area contributed by atoms with Gasteiger partial charge in [0.05, 0.1) is 10.2 Å². The number of carbonyl (C=O) groups excluding carboxylic acids is 3. The minimum atomic E-state index is -0.480. The third-order valence-corrected chi connectivity index (χ3v) is 5.05. The molecule has 1 aromatic carbocycles. The second-order valence-electron chi connectivity index (χ2n) is 5.48. The minimum Gasteiger partial charge on any atom is -0.319 e. The molecule has 0 unspecified atom stereocenters. The average Bonchev–Trinajstić information content (AvgIpc) is 3.01. The molecular weight excluding hydrogens is 314 g/mol. The van der Waals surface area contributed by atoms with Crippen molar-refractivity contribution in [2.45, 2.75) is 26.2 Å². The van der Waals surface area contributed by atoms with Gasteiger partial charge in [0.15, 0.2) is 4.80 Å². The number of imide groups is 1. The van der Waals surface area contributed by atoms with Crippen molar-refractivity contribution in [1.82, 2.24) is 9.47 Å². The number of fused-ring (bicyclic) bond motifs is 1. The van der Waals surface area contributed by atoms with Gasteiger partial charge in [-0.15, -0.1) is 0 Å². The van der Waals surface area contributed by atoms with E-state index in [9.17, 15) is 14.4 Å². The largest absolute Gasteiger partial charge is 0.319 e. The second-order valence-corrected chi connectivity index (χ2v) is 6.49. The number of rotatable bonds is 3. The highest BCUT2D eigenvalue weighted by Gasteiger charge is 2.30. The van der Waals surface area contributed by atoms with Crippen LogP contribution < -0.4 is 4.80 Å². The van der Waals surface area contributed by atoms with Gasteiger partial charge in [0.1, 0.15) is 6.54 Å². The maximum atomic E-state index is 12.1. The van der Waals surface area contributed by atoms with Crippen LogP contribution in [0.25, 0.3) is 10.2 Å². The number of carbonyl (C=O) groups is 3. The number of thiazole rings is 1. The fourth-order valence-corrected chi connectivity index (χ4v) is 3.68. The number of nitrogens with zero attached hydrogens (tertiary/aromatic N) is 3. The van der Waals surface area contributed by atoms with Gasteiger partial charge in [0.25, 0.3) is 5.91 Å². The minimum absolute atomic E-state index is 0.183. The van der Waals surface area contributed by atoms with E-state index in [0.717, 1.165) is 21.5 Å². The predicted molar refractivity (Wildman–Crippen MR) is 86.7 cm³/mol. The molecule has 7 heteroatoms. The van der Waals surface area contributed by atoms with Gasteiger partial charge in [0, 0.05) is 19.9 Å². The van der Waals surface area contributed by atoms with Crippen LogP contribution in [0.15, 0.2) is 23.2 Å². The van der Waals surface area contributed by atoms with Crippen molar-refractivity contribution in [3.63, 3.8) is 0 Å². The van der Waals surface area contributed by atoms with Crippen LogP contribution >= 0.6 is 11.3 Å². The third kappa shape index (κ3) is 2.96. The lowest BCUT2D eigenvalue weighted by atomic mass is 10.2. The topological polar surface area (TPSA) is 71.7 Å². The molecule has 0 atom stereocenters. The van der Waals surface area contributed by atoms with Crippen molar-refractivity contribution >= 4 is 39.3 Å². The van der Waals surface area contributed by atoms with Gasteiger partial charge in [-0.2, -0.15) is 4.99 Å². The summed E-state index contributed by atoms with van der Waals surface area (Å²) in [7, 11) is 1.85. The predicted octanol–water partition coefficient (Wildman–Crippen LogP) is 1.38. The Kier molecular flexibility index (Phi) is 4.12. The lowest BCUT2D eigenvalue weighted by Gasteiger charge is -2.09. The van der Waals surface area contributed by atoms with Gasteiger partial charge in [-0.25, -0.2) is 0 Å². The van der Waals surface area contributed by atoms with Crippen molar-refractivity contribution in [3.8, 4) is 0 Å². The zero-order chi connectivity index (χ0) is 16.6. The first-order valence-electron chi connectivity index (χ1n) is 7.49. The van der Waals surface area contributed by atoms with Gasteiger partial charge < -0.3 is 4.57 Å². The van der Waals surface area contributed by atoms with Gasteiger partial charge >= 0.3 is 0 Å². The molecule has 2 heterocycles. The molecular formula is C16H17N3O3S. The van der Waals surface area contributed by atoms with E-state index >= 15 is 0 Å². The summed E-state index contributed by atoms with van der Waals surface area (Å²) in [5, 5.41) is 0. The van der Waals surface area contributed by atoms with Crippen LogP contribution in [0.5, 0.6) is 0 Å². The fraction of sp³-hybridized carbons (Fsp3) is 0.375. The van der Waals surface area contributed by atoms with Gasteiger partial charge in [-0.1, -0.05) is 24.3 Å². The smallest absolute Gasteiger partial charge is 0.268 e. The molecule has 1 aromatic heterocycles. The summed E-state index contributed by atoms with van der Waals surface area (Å²) in [5.41, 5.74) is 2.23. The Morgan fingerprint density at radius 1 is 1.26 bits per heavy atom. The van der Waals surface area contributed by atoms with Crippen molar-refractivity contribution in [2.24, 2.45) is 12.0 Å². The second kappa shape index (κ2) is 6.08. The number of hydrogen-bond acceptors (Lipinski definition) is 4. The average molecular weight is 331 g/mol. The molecule has 3 rings (SSSR count). The molecule has 23 heavy (non-hydrogen) atoms. The SMILES string of the molecule is CCc1ccc2c(c1)sc(=NC(=O)CN1C(=O)CCC1=O)n2C. The summed E-state index contributed by atoms with van der Waals surface area (Å²) in [6, 6.07) is 6.17. The van der Waals surface area contributed by atoms with Crippen molar-refractivity contribution in [1.29, 1.82) is 0 Å². The normalized spacial score (nSPS) is 15.9. The number of benzene rings is 1. The van der Waals surface area contributed by atoms with Crippen LogP contribution in [0.3, 0.4) is 0 Å². The Balaban J connectivity index is 1.91. The Bertz CT molecular complexity index is 862. The molecule has 3 amide bonds. The highest BCUT2D eigenvalue weighted by atomic mass is 32.1. The summed E-state index contributed by atoms with van der Waals surface area (Å²) in [4.78, 5) is 40.9. The van der Waals surface area contributed by atoms with Gasteiger partial charge in [-0.05, 0) is 24.1 Å². The highest BCUT2D eigenvalue weighted by molar-refractivity contribution is 7.16. The van der Waals surface area contributed by atoms with E-state index in [1.807, 2.05) is 17.7 Å². The van der Waals surface area contributed by atoms with E-state index in [4.69, 9.17) is 0 Å². The molecule has 6 nitrogen and oxygen atoms in total. The summed E-state index contributed by atoms with van der Waals surface area (Å²) in [6.07, 6.45) is 1.31. The molecule has 0 bridgehead atoms. The number of aromatic nitrogens is 1. The third-order valence-electron chi connectivity index (χ3n) is 3.95. The quantitative estimate of drug-likeness (QED) is 0.798. The molecule has 0 saturated carbocycles. The molecule has 0 aliphatic carbocycles. The first-order valence-corrected chi connectivity index (χ1v) is 8.30. The highest BCUT2D eigenvalue weighted by Crippen LogP contribution is 2.18. The number of hydrogen-bond donors (Lipinski definition) is 0. The molecule has 0 radical (unpaired) electrons. The lowest BCUT2D eigenvalue weighted by Crippen LogP contribution is -2.34. The maximum Gasteiger partial charge on any atom is 0.268 e. The fourth-order valence-electron chi connectivity index (χ4n) is 2.58. The zero-order valence-electron chi connectivity index (χ0n) is 13.0. The van der Waals surface area contributed by atoms with E-state index in [1.54, 1.807) is 0 Å². The van der Waals surface area contributed by atoms with E-state index in [2.05, 4.69) is 24.0 Å². The Morgan fingerprint density at radius 3 is 2.61 bits per heavy atom. The summed E-state index contributed by atoms with van der Waals surface area (Å²) in [5.74, 6) is -1.08. The van der Waals surface area contributed by atoms with Crippen LogP contribution in [0, 0.1) is 0 Å². The van der Waals surface area contributed by atoms with Gasteiger partial charge in [-0.3, -0.25) is 19.3 Å². The maximum absolute atomic E-state index is 12.1. The summed E-state index contributed by atoms with van der Waals surface area (Å²) < 4.78 is 2.91. The number of amides is 3. The van der Waals surface area contributed by atoms with E-state index in [-0.39, 0.29) is 31.2 Å². The van der Waals surface area contributed by atoms with E-state index in [0.29, 0.717) is 4.80 Å². The van der Waals surface area contributed by atoms with Crippen molar-refractivity contribution in [2.75, 3.05) is 6.54 Å². The van der Waals surface area contributed by atoms with Crippen LogP contribution in [0.2, 0.25) is 0 Å². The Labute approximate surface area is 137 Å². The first kappa shape index (κ1) is 15.6. The molecule has 1 aliphatic rings. The van der Waals surface area contributed by atoms with Crippen LogP contribution in [-0.4, -0.2) is 33.7 Å². The zero-order valence-corrected chi connectivity index (χ0v) is 13.9. The first-order chi connectivity index (χ1) is 11.0. The molecule has 1 aliphatic heterocycles. The number of aryl methyl sites for hydroxylation is 2. The standard InChI is InChI=1S/C16H17N3O3S/c1-3-10-4-5-11-12(8-10)23-16(18(11)2)17-13(20)9-19-14(21)6-7-15(19)22/h4-5,8H,3,6-7,9H2,1-2H3. The Morgan fingerprint density at radius 2 is 1.96 bits per heavy atom. The Hall–Kier alpha value is -2.28. The molecule has 0 N–H and O–H groups in total. The van der Waals surface area contributed by atoms with Crippen molar-refractivity contribution in [3.05, 3.63) is 28.6 Å². The van der Waals surface area contributed by atoms with Crippen molar-refractivity contribution < 1.29 is 14.4 Å². The summed E-state index contributed by atoms with van der Waals surface area (Å²) >= 11 is 1.43. The lowest BCUT2D eigenvalue weighted by molar-refractivity contribution is -0.141. The van der Waals surface area contributed by atoms with Crippen LogP contribution in [0.4, 0.5) is 0 Å². The molecule has 0 spiro atoms. The molecule has 1 fully saturated rings. The number of likely N-dealkylation sites (tertiary alicyclic amines) is 1. The van der Waals surface area contributed by atoms with E-state index < -0.39 is 5.91 Å². The molecule has 1 saturated heterocycles. The van der Waals surface area contributed by atoms with E-state index in [1.165, 1.54) is 16.9 Å². The van der Waals surface area contributed by atoms with Crippen LogP contribution in [-0.2, 0) is 27.9 Å². The molecule has 2 aromatic rings. The van der Waals surface area contributed by atoms with Crippen LogP contribution in [0.1, 0.15) is 25.3 Å². The monoisotopic (exact) mass is 331 g/mol. The molecule has 120 valence electrons. The summed E-state index contributed by atoms with van der Waals surface area (Å²) in [6.45, 7) is 1.82. The van der Waals surface area contributed by atoms with Gasteiger partial charge in [0.2, 0.25) is 11.8 Å².